The molecule has 24 heavy (non-hydrogen) atoms. The second-order valence-electron chi connectivity index (χ2n) is 5.53. The molecule has 2 rings (SSSR count). The van der Waals surface area contributed by atoms with E-state index in [2.05, 4.69) is 27.5 Å². The number of aliphatic imine (C=N–C) groups is 1. The highest BCUT2D eigenvalue weighted by molar-refractivity contribution is 8.00. The molecule has 2 N–H and O–H groups in total. The molecule has 1 saturated heterocycles. The third-order valence-corrected chi connectivity index (χ3v) is 5.67. The Morgan fingerprint density at radius 2 is 2.38 bits per heavy atom. The van der Waals surface area contributed by atoms with Gasteiger partial charge >= 0.3 is 0 Å². The number of hydrogen-bond acceptors (Lipinski definition) is 5. The van der Waals surface area contributed by atoms with Crippen LogP contribution in [-0.2, 0) is 4.79 Å². The Hall–Kier alpha value is -1.28. The van der Waals surface area contributed by atoms with Crippen LogP contribution in [0.5, 0.6) is 0 Å². The molecular weight excluding hydrogens is 342 g/mol. The van der Waals surface area contributed by atoms with Crippen molar-refractivity contribution >= 4 is 35.0 Å². The first-order chi connectivity index (χ1) is 11.8. The van der Waals surface area contributed by atoms with Gasteiger partial charge in [-0.15, -0.1) is 11.3 Å². The number of nitrogens with zero attached hydrogens (tertiary/aromatic N) is 3. The Morgan fingerprint density at radius 1 is 1.46 bits per heavy atom. The lowest BCUT2D eigenvalue weighted by atomic mass is 10.4. The van der Waals surface area contributed by atoms with Crippen molar-refractivity contribution in [1.29, 1.82) is 0 Å². The van der Waals surface area contributed by atoms with Gasteiger partial charge in [0.25, 0.3) is 0 Å². The van der Waals surface area contributed by atoms with Gasteiger partial charge in [0.15, 0.2) is 5.96 Å². The van der Waals surface area contributed by atoms with Crippen molar-refractivity contribution in [1.82, 2.24) is 20.5 Å². The van der Waals surface area contributed by atoms with Gasteiger partial charge in [0.1, 0.15) is 4.34 Å². The molecule has 1 aliphatic rings. The van der Waals surface area contributed by atoms with Gasteiger partial charge in [-0.3, -0.25) is 9.79 Å². The molecule has 6 nitrogen and oxygen atoms in total. The van der Waals surface area contributed by atoms with E-state index in [4.69, 9.17) is 0 Å². The van der Waals surface area contributed by atoms with Crippen LogP contribution in [-0.4, -0.2) is 60.2 Å². The van der Waals surface area contributed by atoms with Gasteiger partial charge in [-0.1, -0.05) is 11.8 Å². The monoisotopic (exact) mass is 369 g/mol. The Balaban J connectivity index is 1.58. The number of likely N-dealkylation sites (tertiary alicyclic amines) is 1. The topological polar surface area (TPSA) is 69.6 Å². The molecule has 0 aromatic carbocycles. The molecular formula is C16H27N5OS2. The van der Waals surface area contributed by atoms with Gasteiger partial charge in [-0.2, -0.15) is 0 Å². The molecule has 0 unspecified atom stereocenters. The zero-order chi connectivity index (χ0) is 17.0. The van der Waals surface area contributed by atoms with E-state index in [1.54, 1.807) is 23.1 Å². The Bertz CT molecular complexity index is 507. The molecule has 0 aliphatic carbocycles. The molecule has 0 saturated carbocycles. The van der Waals surface area contributed by atoms with E-state index >= 15 is 0 Å². The Morgan fingerprint density at radius 3 is 3.08 bits per heavy atom. The molecule has 0 atom stereocenters. The summed E-state index contributed by atoms with van der Waals surface area (Å²) in [4.78, 5) is 22.4. The average molecular weight is 370 g/mol. The average Bonchev–Trinajstić information content (AvgIpc) is 3.23. The van der Waals surface area contributed by atoms with Crippen LogP contribution in [0, 0.1) is 0 Å². The molecule has 1 aliphatic heterocycles. The van der Waals surface area contributed by atoms with Crippen LogP contribution in [0.25, 0.3) is 0 Å². The molecule has 1 aromatic rings. The number of guanidine groups is 1. The van der Waals surface area contributed by atoms with Gasteiger partial charge in [0, 0.05) is 56.5 Å². The van der Waals surface area contributed by atoms with E-state index in [-0.39, 0.29) is 0 Å². The summed E-state index contributed by atoms with van der Waals surface area (Å²) in [6.07, 6.45) is 5.55. The van der Waals surface area contributed by atoms with Gasteiger partial charge < -0.3 is 15.5 Å². The third kappa shape index (κ3) is 7.09. The van der Waals surface area contributed by atoms with Crippen molar-refractivity contribution in [2.24, 2.45) is 4.99 Å². The van der Waals surface area contributed by atoms with E-state index in [0.717, 1.165) is 74.5 Å². The zero-order valence-corrected chi connectivity index (χ0v) is 15.9. The fraction of sp³-hybridized carbons (Fsp3) is 0.688. The SMILES string of the molecule is CCNC(=NCCCSc1nccs1)NCCCN1CCCC1=O. The van der Waals surface area contributed by atoms with Crippen molar-refractivity contribution in [3.63, 3.8) is 0 Å². The van der Waals surface area contributed by atoms with Crippen LogP contribution < -0.4 is 10.6 Å². The van der Waals surface area contributed by atoms with Gasteiger partial charge in [0.2, 0.25) is 5.91 Å². The van der Waals surface area contributed by atoms with Gasteiger partial charge in [0.05, 0.1) is 0 Å². The number of amides is 1. The molecule has 1 amide bonds. The van der Waals surface area contributed by atoms with Crippen LogP contribution >= 0.6 is 23.1 Å². The third-order valence-electron chi connectivity index (χ3n) is 3.62. The lowest BCUT2D eigenvalue weighted by Crippen LogP contribution is -2.39. The lowest BCUT2D eigenvalue weighted by molar-refractivity contribution is -0.127. The lowest BCUT2D eigenvalue weighted by Gasteiger charge is -2.16. The highest BCUT2D eigenvalue weighted by Gasteiger charge is 2.18. The Kier molecular flexibility index (Phi) is 8.97. The highest BCUT2D eigenvalue weighted by Crippen LogP contribution is 2.20. The summed E-state index contributed by atoms with van der Waals surface area (Å²) < 4.78 is 1.13. The summed E-state index contributed by atoms with van der Waals surface area (Å²) in [5.41, 5.74) is 0. The first-order valence-corrected chi connectivity index (χ1v) is 10.5. The predicted octanol–water partition coefficient (Wildman–Crippen LogP) is 2.19. The summed E-state index contributed by atoms with van der Waals surface area (Å²) in [6.45, 7) is 6.32. The van der Waals surface area contributed by atoms with Crippen molar-refractivity contribution in [3.8, 4) is 0 Å². The van der Waals surface area contributed by atoms with Crippen LogP contribution in [0.2, 0.25) is 0 Å². The normalized spacial score (nSPS) is 15.1. The molecule has 2 heterocycles. The number of carbonyl (C=O) groups excluding carboxylic acids is 1. The van der Waals surface area contributed by atoms with E-state index < -0.39 is 0 Å². The number of hydrogen-bond donors (Lipinski definition) is 2. The molecule has 0 spiro atoms. The molecule has 1 aromatic heterocycles. The molecule has 0 radical (unpaired) electrons. The fourth-order valence-electron chi connectivity index (χ4n) is 2.46. The maximum atomic E-state index is 11.6. The summed E-state index contributed by atoms with van der Waals surface area (Å²) in [6, 6.07) is 0. The first-order valence-electron chi connectivity index (χ1n) is 8.62. The van der Waals surface area contributed by atoms with Gasteiger partial charge in [-0.25, -0.2) is 4.98 Å². The molecule has 8 heteroatoms. The number of rotatable bonds is 10. The highest BCUT2D eigenvalue weighted by atomic mass is 32.2. The second-order valence-corrected chi connectivity index (χ2v) is 7.76. The van der Waals surface area contributed by atoms with E-state index in [0.29, 0.717) is 5.91 Å². The van der Waals surface area contributed by atoms with E-state index in [1.165, 1.54) is 0 Å². The second kappa shape index (κ2) is 11.3. The van der Waals surface area contributed by atoms with Gasteiger partial charge in [-0.05, 0) is 26.2 Å². The van der Waals surface area contributed by atoms with Crippen molar-refractivity contribution in [3.05, 3.63) is 11.6 Å². The summed E-state index contributed by atoms with van der Waals surface area (Å²) >= 11 is 3.47. The molecule has 134 valence electrons. The minimum absolute atomic E-state index is 0.299. The van der Waals surface area contributed by atoms with Crippen molar-refractivity contribution < 1.29 is 4.79 Å². The number of aromatic nitrogens is 1. The first kappa shape index (κ1) is 19.1. The van der Waals surface area contributed by atoms with Crippen molar-refractivity contribution in [2.45, 2.75) is 36.9 Å². The Labute approximate surface area is 152 Å². The number of thiazole rings is 1. The van der Waals surface area contributed by atoms with Crippen molar-refractivity contribution in [2.75, 3.05) is 38.5 Å². The number of nitrogens with one attached hydrogen (secondary N) is 2. The largest absolute Gasteiger partial charge is 0.357 e. The maximum absolute atomic E-state index is 11.6. The van der Waals surface area contributed by atoms with E-state index in [1.807, 2.05) is 16.5 Å². The summed E-state index contributed by atoms with van der Waals surface area (Å²) in [7, 11) is 0. The van der Waals surface area contributed by atoms with Crippen LogP contribution in [0.15, 0.2) is 20.9 Å². The predicted molar refractivity (Wildman–Crippen MR) is 102 cm³/mol. The minimum atomic E-state index is 0.299. The van der Waals surface area contributed by atoms with Crippen LogP contribution in [0.4, 0.5) is 0 Å². The van der Waals surface area contributed by atoms with Crippen LogP contribution in [0.1, 0.15) is 32.6 Å². The molecule has 1 fully saturated rings. The fourth-order valence-corrected chi connectivity index (χ4v) is 4.09. The summed E-state index contributed by atoms with van der Waals surface area (Å²) in [5.74, 6) is 2.20. The zero-order valence-electron chi connectivity index (χ0n) is 14.3. The summed E-state index contributed by atoms with van der Waals surface area (Å²) in [5, 5.41) is 8.62. The standard InChI is InChI=1S/C16H27N5OS2/c1-2-17-15(18-7-4-11-21-10-3-6-14(21)22)19-8-5-12-23-16-20-9-13-24-16/h9,13H,2-8,10-12H2,1H3,(H2,17,18,19). The minimum Gasteiger partial charge on any atom is -0.357 e. The molecule has 0 bridgehead atoms. The quantitative estimate of drug-likeness (QED) is 0.286. The number of thioether (sulfide) groups is 1. The maximum Gasteiger partial charge on any atom is 0.222 e. The smallest absolute Gasteiger partial charge is 0.222 e. The van der Waals surface area contributed by atoms with Crippen LogP contribution in [0.3, 0.4) is 0 Å². The number of carbonyl (C=O) groups is 1. The van der Waals surface area contributed by atoms with E-state index in [9.17, 15) is 4.79 Å².